The molecule has 0 fully saturated rings. The van der Waals surface area contributed by atoms with Crippen molar-refractivity contribution in [2.75, 3.05) is 7.11 Å². The molecule has 1 N–H and O–H groups in total. The zero-order valence-electron chi connectivity index (χ0n) is 6.96. The number of carbonyl (C=O) groups excluding carboxylic acids is 1. The minimum absolute atomic E-state index is 0.147. The van der Waals surface area contributed by atoms with Gasteiger partial charge >= 0.3 is 5.97 Å². The van der Waals surface area contributed by atoms with E-state index in [0.29, 0.717) is 10.0 Å². The molecule has 1 aromatic heterocycles. The third-order valence-electron chi connectivity index (χ3n) is 1.52. The maximum Gasteiger partial charge on any atom is 0.310 e. The minimum Gasteiger partial charge on any atom is -0.469 e. The van der Waals surface area contributed by atoms with Gasteiger partial charge in [-0.15, -0.1) is 0 Å². The molecule has 5 heteroatoms. The van der Waals surface area contributed by atoms with Crippen LogP contribution in [0.3, 0.4) is 0 Å². The largest absolute Gasteiger partial charge is 0.469 e. The minimum atomic E-state index is -0.340. The van der Waals surface area contributed by atoms with Crippen molar-refractivity contribution in [2.45, 2.75) is 6.42 Å². The lowest BCUT2D eigenvalue weighted by Gasteiger charge is -2.01. The molecule has 0 aliphatic carbocycles. The molecule has 1 heterocycles. The molecule has 70 valence electrons. The third-order valence-corrected chi connectivity index (χ3v) is 2.25. The van der Waals surface area contributed by atoms with Crippen LogP contribution in [-0.4, -0.2) is 18.1 Å². The first-order valence-corrected chi connectivity index (χ1v) is 4.36. The number of rotatable bonds is 2. The van der Waals surface area contributed by atoms with Gasteiger partial charge in [0.25, 0.3) is 0 Å². The van der Waals surface area contributed by atoms with Crippen molar-refractivity contribution in [3.8, 4) is 0 Å². The molecule has 0 radical (unpaired) electrons. The fourth-order valence-electron chi connectivity index (χ4n) is 0.840. The molecule has 0 unspecified atom stereocenters. The van der Waals surface area contributed by atoms with Gasteiger partial charge in [0, 0.05) is 16.7 Å². The summed E-state index contributed by atoms with van der Waals surface area (Å²) in [5.74, 6) is -0.340. The Kier molecular flexibility index (Phi) is 3.25. The monoisotopic (exact) mass is 245 g/mol. The second-order valence-corrected chi connectivity index (χ2v) is 3.28. The van der Waals surface area contributed by atoms with E-state index in [9.17, 15) is 9.59 Å². The number of methoxy groups -OCH3 is 1. The molecule has 0 aromatic carbocycles. The van der Waals surface area contributed by atoms with E-state index in [4.69, 9.17) is 0 Å². The molecule has 0 aliphatic rings. The van der Waals surface area contributed by atoms with E-state index in [0.717, 1.165) is 0 Å². The molecule has 13 heavy (non-hydrogen) atoms. The molecular formula is C8H8BrNO3. The Morgan fingerprint density at radius 3 is 2.92 bits per heavy atom. The van der Waals surface area contributed by atoms with Gasteiger partial charge in [-0.1, -0.05) is 15.9 Å². The Morgan fingerprint density at radius 1 is 1.69 bits per heavy atom. The van der Waals surface area contributed by atoms with Crippen LogP contribution in [0.1, 0.15) is 5.56 Å². The number of halogens is 1. The highest BCUT2D eigenvalue weighted by atomic mass is 79.9. The van der Waals surface area contributed by atoms with Crippen LogP contribution >= 0.6 is 15.9 Å². The summed E-state index contributed by atoms with van der Waals surface area (Å²) in [7, 11) is 1.32. The summed E-state index contributed by atoms with van der Waals surface area (Å²) in [5, 5.41) is 0. The molecule has 0 atom stereocenters. The highest BCUT2D eigenvalue weighted by Gasteiger charge is 2.06. The van der Waals surface area contributed by atoms with Crippen LogP contribution in [0.2, 0.25) is 0 Å². The highest BCUT2D eigenvalue weighted by molar-refractivity contribution is 9.10. The number of nitrogens with one attached hydrogen (secondary N) is 1. The molecule has 1 rings (SSSR count). The van der Waals surface area contributed by atoms with Gasteiger partial charge in [0.05, 0.1) is 13.5 Å². The summed E-state index contributed by atoms with van der Waals surface area (Å²) < 4.78 is 5.10. The zero-order valence-corrected chi connectivity index (χ0v) is 8.55. The fourth-order valence-corrected chi connectivity index (χ4v) is 1.30. The van der Waals surface area contributed by atoms with Crippen LogP contribution in [0.15, 0.2) is 21.5 Å². The van der Waals surface area contributed by atoms with E-state index in [1.165, 1.54) is 19.4 Å². The van der Waals surface area contributed by atoms with Crippen molar-refractivity contribution in [1.82, 2.24) is 4.98 Å². The van der Waals surface area contributed by atoms with Crippen LogP contribution in [-0.2, 0) is 16.0 Å². The van der Waals surface area contributed by atoms with Gasteiger partial charge in [0.1, 0.15) is 0 Å². The Balaban J connectivity index is 2.90. The summed E-state index contributed by atoms with van der Waals surface area (Å²) in [6.45, 7) is 0. The van der Waals surface area contributed by atoms with Crippen molar-refractivity contribution in [2.24, 2.45) is 0 Å². The molecule has 0 aliphatic heterocycles. The predicted molar refractivity (Wildman–Crippen MR) is 50.5 cm³/mol. The van der Waals surface area contributed by atoms with Crippen LogP contribution in [0.4, 0.5) is 0 Å². The molecular weight excluding hydrogens is 238 g/mol. The van der Waals surface area contributed by atoms with Gasteiger partial charge in [-0.05, 0) is 5.56 Å². The van der Waals surface area contributed by atoms with Crippen molar-refractivity contribution >= 4 is 21.9 Å². The van der Waals surface area contributed by atoms with Gasteiger partial charge in [-0.2, -0.15) is 0 Å². The molecule has 0 spiro atoms. The second-order valence-electron chi connectivity index (χ2n) is 2.42. The van der Waals surface area contributed by atoms with Crippen LogP contribution in [0.5, 0.6) is 0 Å². The maximum absolute atomic E-state index is 10.9. The Hall–Kier alpha value is -1.10. The standard InChI is InChI=1S/C8H8BrNO3/c1-13-8(12)2-5-4-10-7(11)3-6(5)9/h3-4H,2H2,1H3,(H,10,11). The average molecular weight is 246 g/mol. The van der Waals surface area contributed by atoms with E-state index >= 15 is 0 Å². The van der Waals surface area contributed by atoms with Gasteiger partial charge in [0.2, 0.25) is 5.56 Å². The number of aromatic amines is 1. The smallest absolute Gasteiger partial charge is 0.310 e. The van der Waals surface area contributed by atoms with Crippen molar-refractivity contribution in [3.63, 3.8) is 0 Å². The molecule has 4 nitrogen and oxygen atoms in total. The molecule has 0 bridgehead atoms. The lowest BCUT2D eigenvalue weighted by Crippen LogP contribution is -2.09. The third kappa shape index (κ3) is 2.69. The number of aromatic nitrogens is 1. The highest BCUT2D eigenvalue weighted by Crippen LogP contribution is 2.13. The van der Waals surface area contributed by atoms with Gasteiger partial charge in [0.15, 0.2) is 0 Å². The Labute approximate surface area is 83.1 Å². The molecule has 1 aromatic rings. The van der Waals surface area contributed by atoms with Gasteiger partial charge < -0.3 is 9.72 Å². The lowest BCUT2D eigenvalue weighted by molar-refractivity contribution is -0.139. The number of hydrogen-bond donors (Lipinski definition) is 1. The summed E-state index contributed by atoms with van der Waals surface area (Å²) in [6, 6.07) is 1.37. The van der Waals surface area contributed by atoms with Gasteiger partial charge in [-0.25, -0.2) is 0 Å². The molecule has 0 saturated carbocycles. The van der Waals surface area contributed by atoms with Crippen LogP contribution in [0, 0.1) is 0 Å². The molecule has 0 amide bonds. The SMILES string of the molecule is COC(=O)Cc1c[nH]c(=O)cc1Br. The van der Waals surface area contributed by atoms with Crippen LogP contribution in [0.25, 0.3) is 0 Å². The van der Waals surface area contributed by atoms with Crippen LogP contribution < -0.4 is 5.56 Å². The number of carbonyl (C=O) groups is 1. The van der Waals surface area contributed by atoms with E-state index in [2.05, 4.69) is 25.7 Å². The average Bonchev–Trinajstić information content (AvgIpc) is 2.09. The molecule has 0 saturated heterocycles. The normalized spacial score (nSPS) is 9.69. The Morgan fingerprint density at radius 2 is 2.38 bits per heavy atom. The predicted octanol–water partition coefficient (Wildman–Crippen LogP) is 0.853. The number of esters is 1. The topological polar surface area (TPSA) is 59.2 Å². The van der Waals surface area contributed by atoms with Crippen molar-refractivity contribution in [3.05, 3.63) is 32.7 Å². The van der Waals surface area contributed by atoms with E-state index < -0.39 is 0 Å². The lowest BCUT2D eigenvalue weighted by atomic mass is 10.2. The number of ether oxygens (including phenoxy) is 1. The first-order chi connectivity index (χ1) is 6.13. The number of hydrogen-bond acceptors (Lipinski definition) is 3. The quantitative estimate of drug-likeness (QED) is 0.787. The number of H-pyrrole nitrogens is 1. The number of pyridine rings is 1. The van der Waals surface area contributed by atoms with E-state index in [-0.39, 0.29) is 17.9 Å². The summed E-state index contributed by atoms with van der Waals surface area (Å²) >= 11 is 3.18. The summed E-state index contributed by atoms with van der Waals surface area (Å²) in [5.41, 5.74) is 0.493. The first kappa shape index (κ1) is 9.98. The fraction of sp³-hybridized carbons (Fsp3) is 0.250. The van der Waals surface area contributed by atoms with E-state index in [1.807, 2.05) is 0 Å². The summed E-state index contributed by atoms with van der Waals surface area (Å²) in [4.78, 5) is 24.2. The second kappa shape index (κ2) is 4.23. The first-order valence-electron chi connectivity index (χ1n) is 3.57. The Bertz CT molecular complexity index is 372. The zero-order chi connectivity index (χ0) is 9.84. The summed E-state index contributed by atoms with van der Waals surface area (Å²) in [6.07, 6.45) is 1.64. The van der Waals surface area contributed by atoms with Crippen molar-refractivity contribution < 1.29 is 9.53 Å². The van der Waals surface area contributed by atoms with Gasteiger partial charge in [-0.3, -0.25) is 9.59 Å². The van der Waals surface area contributed by atoms with Crippen molar-refractivity contribution in [1.29, 1.82) is 0 Å². The van der Waals surface area contributed by atoms with E-state index in [1.54, 1.807) is 0 Å². The maximum atomic E-state index is 10.9.